The number of halogens is 1. The number of thiazole rings is 1. The van der Waals surface area contributed by atoms with Crippen LogP contribution >= 0.6 is 23.5 Å². The van der Waals surface area contributed by atoms with Gasteiger partial charge in [-0.1, -0.05) is 11.3 Å². The summed E-state index contributed by atoms with van der Waals surface area (Å²) in [6.07, 6.45) is 3.90. The fourth-order valence-electron chi connectivity index (χ4n) is 4.90. The van der Waals surface area contributed by atoms with Crippen LogP contribution in [0.15, 0.2) is 53.5 Å². The Morgan fingerprint density at radius 3 is 2.53 bits per heavy atom. The van der Waals surface area contributed by atoms with Gasteiger partial charge in [-0.05, 0) is 55.3 Å². The maximum atomic E-state index is 13.5. The zero-order valence-electron chi connectivity index (χ0n) is 20.8. The van der Waals surface area contributed by atoms with E-state index in [-0.39, 0.29) is 17.4 Å². The number of nitrogens with zero attached hydrogens (tertiary/aromatic N) is 6. The summed E-state index contributed by atoms with van der Waals surface area (Å²) >= 11 is 2.56. The molecule has 6 rings (SSSR count). The predicted molar refractivity (Wildman–Crippen MR) is 152 cm³/mol. The van der Waals surface area contributed by atoms with Gasteiger partial charge in [0.25, 0.3) is 5.56 Å². The van der Waals surface area contributed by atoms with Gasteiger partial charge < -0.3 is 14.4 Å². The van der Waals surface area contributed by atoms with Gasteiger partial charge in [-0.25, -0.2) is 13.7 Å². The van der Waals surface area contributed by atoms with E-state index in [0.29, 0.717) is 26.7 Å². The van der Waals surface area contributed by atoms with Crippen LogP contribution in [0.5, 0.6) is 0 Å². The Bertz CT molecular complexity index is 1600. The lowest BCUT2D eigenvalue weighted by molar-refractivity contribution is 0.430. The van der Waals surface area contributed by atoms with Gasteiger partial charge in [-0.3, -0.25) is 9.93 Å². The monoisotopic (exact) mass is 547 g/mol. The number of aromatic nitrogens is 2. The van der Waals surface area contributed by atoms with Crippen LogP contribution in [0.3, 0.4) is 0 Å². The number of pyridine rings is 1. The second-order valence-electron chi connectivity index (χ2n) is 9.56. The number of anilines is 3. The Morgan fingerprint density at radius 1 is 1.13 bits per heavy atom. The smallest absolute Gasteiger partial charge is 0.258 e. The van der Waals surface area contributed by atoms with Crippen LogP contribution < -0.4 is 20.5 Å². The minimum atomic E-state index is -0.340. The van der Waals surface area contributed by atoms with Gasteiger partial charge in [-0.2, -0.15) is 5.26 Å². The highest BCUT2D eigenvalue weighted by molar-refractivity contribution is 7.94. The fourth-order valence-corrected chi connectivity index (χ4v) is 6.14. The van der Waals surface area contributed by atoms with Gasteiger partial charge in [0.1, 0.15) is 22.5 Å². The molecular formula is C27H26FN7OS2. The Morgan fingerprint density at radius 2 is 1.87 bits per heavy atom. The van der Waals surface area contributed by atoms with E-state index >= 15 is 0 Å². The summed E-state index contributed by atoms with van der Waals surface area (Å²) in [5, 5.41) is 17.7. The van der Waals surface area contributed by atoms with E-state index in [1.807, 2.05) is 34.8 Å². The van der Waals surface area contributed by atoms with Crippen molar-refractivity contribution in [3.8, 4) is 17.3 Å². The van der Waals surface area contributed by atoms with Crippen molar-refractivity contribution in [2.24, 2.45) is 5.14 Å². The van der Waals surface area contributed by atoms with Crippen molar-refractivity contribution in [2.45, 2.75) is 18.9 Å². The average Bonchev–Trinajstić information content (AvgIpc) is 3.71. The molecule has 2 N–H and O–H groups in total. The zero-order chi connectivity index (χ0) is 26.4. The maximum absolute atomic E-state index is 13.5. The molecule has 2 aromatic heterocycles. The average molecular weight is 548 g/mol. The molecule has 0 radical (unpaired) electrons. The fraction of sp³-hybridized carbons (Fsp3) is 0.296. The third kappa shape index (κ3) is 4.54. The van der Waals surface area contributed by atoms with Crippen molar-refractivity contribution in [3.05, 3.63) is 69.7 Å². The first-order valence-electron chi connectivity index (χ1n) is 12.4. The van der Waals surface area contributed by atoms with Crippen LogP contribution in [0.25, 0.3) is 22.0 Å². The molecule has 194 valence electrons. The molecule has 1 saturated heterocycles. The van der Waals surface area contributed by atoms with Crippen molar-refractivity contribution in [1.82, 2.24) is 13.9 Å². The van der Waals surface area contributed by atoms with Crippen LogP contribution in [-0.4, -0.2) is 47.1 Å². The number of rotatable bonds is 6. The summed E-state index contributed by atoms with van der Waals surface area (Å²) in [5.41, 5.74) is 3.13. The number of hydrogen-bond acceptors (Lipinski definition) is 9. The molecule has 2 aromatic carbocycles. The van der Waals surface area contributed by atoms with E-state index < -0.39 is 0 Å². The third-order valence-electron chi connectivity index (χ3n) is 7.18. The van der Waals surface area contributed by atoms with Gasteiger partial charge in [0, 0.05) is 79.6 Å². The number of benzene rings is 2. The Hall–Kier alpha value is -3.43. The normalized spacial score (nSPS) is 16.1. The second-order valence-corrected chi connectivity index (χ2v) is 11.3. The third-order valence-corrected chi connectivity index (χ3v) is 8.88. The van der Waals surface area contributed by atoms with Crippen molar-refractivity contribution >= 4 is 50.7 Å². The van der Waals surface area contributed by atoms with Crippen LogP contribution in [0.1, 0.15) is 23.8 Å². The molecule has 0 amide bonds. The molecule has 0 bridgehead atoms. The van der Waals surface area contributed by atoms with Crippen molar-refractivity contribution in [1.29, 1.82) is 5.26 Å². The SMILES string of the molecule is CN(c1nc(-c2ccc(F)cc2)c(C#N)s1)c1cn(C2CC2)c(=O)c2ccc(N3CCN(SN)CC3)cc12. The van der Waals surface area contributed by atoms with Crippen LogP contribution in [-0.2, 0) is 0 Å². The molecule has 3 heterocycles. The van der Waals surface area contributed by atoms with Crippen molar-refractivity contribution in [2.75, 3.05) is 43.0 Å². The van der Waals surface area contributed by atoms with Gasteiger partial charge in [0.2, 0.25) is 0 Å². The van der Waals surface area contributed by atoms with E-state index in [2.05, 4.69) is 21.3 Å². The Labute approximate surface area is 228 Å². The highest BCUT2D eigenvalue weighted by Crippen LogP contribution is 2.40. The molecule has 11 heteroatoms. The minimum Gasteiger partial charge on any atom is -0.369 e. The number of piperazine rings is 1. The lowest BCUT2D eigenvalue weighted by Crippen LogP contribution is -2.44. The van der Waals surface area contributed by atoms with Crippen molar-refractivity contribution < 1.29 is 4.39 Å². The molecule has 4 aromatic rings. The molecule has 8 nitrogen and oxygen atoms in total. The first-order valence-corrected chi connectivity index (χ1v) is 14.1. The predicted octanol–water partition coefficient (Wildman–Crippen LogP) is 4.88. The van der Waals surface area contributed by atoms with Gasteiger partial charge in [-0.15, -0.1) is 0 Å². The standard InChI is InChI=1S/C27H26FN7OS2/c1-32(27-31-25(24(15-29)37-27)17-2-4-18(28)5-3-17)23-16-35(19-6-7-19)26(36)21-9-8-20(14-22(21)23)33-10-12-34(38-30)13-11-33/h2-5,8-9,14,16,19H,6-7,10-13,30H2,1H3. The summed E-state index contributed by atoms with van der Waals surface area (Å²) in [7, 11) is 1.91. The largest absolute Gasteiger partial charge is 0.369 e. The second kappa shape index (κ2) is 10.0. The lowest BCUT2D eigenvalue weighted by Gasteiger charge is -2.34. The number of hydrogen-bond donors (Lipinski definition) is 1. The van der Waals surface area contributed by atoms with Crippen LogP contribution in [0.2, 0.25) is 0 Å². The summed E-state index contributed by atoms with van der Waals surface area (Å²) < 4.78 is 17.5. The van der Waals surface area contributed by atoms with E-state index in [0.717, 1.165) is 55.8 Å². The lowest BCUT2D eigenvalue weighted by atomic mass is 10.1. The van der Waals surface area contributed by atoms with Crippen molar-refractivity contribution in [3.63, 3.8) is 0 Å². The molecule has 0 atom stereocenters. The first-order chi connectivity index (χ1) is 18.5. The van der Waals surface area contributed by atoms with E-state index in [9.17, 15) is 14.4 Å². The molecule has 2 aliphatic rings. The first kappa shape index (κ1) is 24.9. The molecule has 1 saturated carbocycles. The Balaban J connectivity index is 1.44. The molecule has 0 spiro atoms. The highest BCUT2D eigenvalue weighted by atomic mass is 32.2. The van der Waals surface area contributed by atoms with Crippen LogP contribution in [0, 0.1) is 17.1 Å². The highest BCUT2D eigenvalue weighted by Gasteiger charge is 2.28. The van der Waals surface area contributed by atoms with E-state index in [1.165, 1.54) is 35.6 Å². The number of nitrogens with two attached hydrogens (primary N) is 1. The topological polar surface area (TPSA) is 94.4 Å². The van der Waals surface area contributed by atoms with E-state index in [1.54, 1.807) is 12.1 Å². The van der Waals surface area contributed by atoms with Crippen LogP contribution in [0.4, 0.5) is 20.9 Å². The molecule has 1 aliphatic carbocycles. The molecule has 2 fully saturated rings. The molecular weight excluding hydrogens is 521 g/mol. The van der Waals surface area contributed by atoms with Gasteiger partial charge in [0.15, 0.2) is 5.13 Å². The summed E-state index contributed by atoms with van der Waals surface area (Å²) in [4.78, 5) is 22.9. The maximum Gasteiger partial charge on any atom is 0.258 e. The molecule has 38 heavy (non-hydrogen) atoms. The van der Waals surface area contributed by atoms with Gasteiger partial charge >= 0.3 is 0 Å². The van der Waals surface area contributed by atoms with Gasteiger partial charge in [0.05, 0.1) is 5.69 Å². The molecule has 0 unspecified atom stereocenters. The summed E-state index contributed by atoms with van der Waals surface area (Å²) in [5.74, 6) is -0.340. The number of nitriles is 1. The zero-order valence-corrected chi connectivity index (χ0v) is 22.4. The molecule has 1 aliphatic heterocycles. The Kier molecular flexibility index (Phi) is 6.57. The van der Waals surface area contributed by atoms with E-state index in [4.69, 9.17) is 10.1 Å². The minimum absolute atomic E-state index is 0.0133. The quantitative estimate of drug-likeness (QED) is 0.341. The number of fused-ring (bicyclic) bond motifs is 1. The summed E-state index contributed by atoms with van der Waals surface area (Å²) in [6, 6.07) is 14.5. The summed E-state index contributed by atoms with van der Waals surface area (Å²) in [6.45, 7) is 3.41.